The lowest BCUT2D eigenvalue weighted by atomic mass is 10.2. The molecule has 1 atom stereocenters. The Bertz CT molecular complexity index is 368. The molecule has 5 heteroatoms. The molecule has 0 aromatic carbocycles. The third kappa shape index (κ3) is 2.04. The minimum atomic E-state index is 0.261. The van der Waals surface area contributed by atoms with E-state index in [9.17, 15) is 0 Å². The van der Waals surface area contributed by atoms with Crippen molar-refractivity contribution in [2.24, 2.45) is 12.8 Å². The highest BCUT2D eigenvalue weighted by Gasteiger charge is 2.26. The fraction of sp³-hybridized carbons (Fsp3) is 0.727. The molecule has 2 rings (SSSR count). The maximum Gasteiger partial charge on any atom is 0.109 e. The molecule has 0 aliphatic carbocycles. The molecule has 16 heavy (non-hydrogen) atoms. The summed E-state index contributed by atoms with van der Waals surface area (Å²) in [6, 6.07) is 0.261. The Morgan fingerprint density at radius 1 is 1.44 bits per heavy atom. The van der Waals surface area contributed by atoms with Crippen LogP contribution in [0.4, 0.5) is 0 Å². The molecule has 1 aliphatic heterocycles. The number of likely N-dealkylation sites (tertiary alicyclic amines) is 1. The van der Waals surface area contributed by atoms with E-state index in [0.29, 0.717) is 6.54 Å². The topological polar surface area (TPSA) is 47.1 Å². The van der Waals surface area contributed by atoms with E-state index in [1.165, 1.54) is 12.8 Å². The first-order valence-electron chi connectivity index (χ1n) is 5.78. The molecule has 1 fully saturated rings. The summed E-state index contributed by atoms with van der Waals surface area (Å²) in [5.74, 6) is 1.03. The molecule has 0 radical (unpaired) electrons. The molecule has 1 aromatic rings. The van der Waals surface area contributed by atoms with Gasteiger partial charge in [0.2, 0.25) is 0 Å². The number of rotatable bonds is 3. The highest BCUT2D eigenvalue weighted by Crippen LogP contribution is 2.29. The molecule has 2 N–H and O–H groups in total. The minimum Gasteiger partial charge on any atom is -0.329 e. The highest BCUT2D eigenvalue weighted by molar-refractivity contribution is 9.10. The van der Waals surface area contributed by atoms with Crippen LogP contribution in [0.3, 0.4) is 0 Å². The second-order valence-corrected chi connectivity index (χ2v) is 5.14. The largest absolute Gasteiger partial charge is 0.329 e. The van der Waals surface area contributed by atoms with Crippen molar-refractivity contribution in [3.63, 3.8) is 0 Å². The van der Waals surface area contributed by atoms with Crippen LogP contribution in [0.1, 0.15) is 30.4 Å². The van der Waals surface area contributed by atoms with Crippen LogP contribution >= 0.6 is 15.9 Å². The average molecular weight is 287 g/mol. The Morgan fingerprint density at radius 2 is 2.06 bits per heavy atom. The van der Waals surface area contributed by atoms with Crippen LogP contribution in [0.2, 0.25) is 0 Å². The Balaban J connectivity index is 2.28. The van der Waals surface area contributed by atoms with E-state index >= 15 is 0 Å². The van der Waals surface area contributed by atoms with Crippen molar-refractivity contribution in [1.29, 1.82) is 0 Å². The van der Waals surface area contributed by atoms with Gasteiger partial charge in [0.15, 0.2) is 0 Å². The first-order valence-corrected chi connectivity index (χ1v) is 6.57. The van der Waals surface area contributed by atoms with Crippen LogP contribution in [0.15, 0.2) is 4.60 Å². The second-order valence-electron chi connectivity index (χ2n) is 4.39. The normalized spacial score (nSPS) is 19.2. The number of nitrogens with zero attached hydrogens (tertiary/aromatic N) is 3. The van der Waals surface area contributed by atoms with Gasteiger partial charge in [-0.1, -0.05) is 0 Å². The van der Waals surface area contributed by atoms with E-state index in [-0.39, 0.29) is 6.04 Å². The predicted octanol–water partition coefficient (Wildman–Crippen LogP) is 1.59. The summed E-state index contributed by atoms with van der Waals surface area (Å²) in [6.45, 7) is 4.94. The van der Waals surface area contributed by atoms with Gasteiger partial charge in [-0.05, 0) is 48.8 Å². The summed E-state index contributed by atoms with van der Waals surface area (Å²) in [7, 11) is 2.02. The molecular weight excluding hydrogens is 268 g/mol. The highest BCUT2D eigenvalue weighted by atomic mass is 79.9. The van der Waals surface area contributed by atoms with Gasteiger partial charge in [0.1, 0.15) is 10.4 Å². The molecule has 0 amide bonds. The average Bonchev–Trinajstić information content (AvgIpc) is 2.86. The molecule has 1 unspecified atom stereocenters. The summed E-state index contributed by atoms with van der Waals surface area (Å²) in [5.41, 5.74) is 6.99. The van der Waals surface area contributed by atoms with Gasteiger partial charge in [-0.3, -0.25) is 4.90 Å². The molecule has 0 spiro atoms. The maximum atomic E-state index is 5.90. The Morgan fingerprint density at radius 3 is 2.50 bits per heavy atom. The minimum absolute atomic E-state index is 0.261. The molecule has 1 saturated heterocycles. The van der Waals surface area contributed by atoms with Gasteiger partial charge in [0.25, 0.3) is 0 Å². The van der Waals surface area contributed by atoms with E-state index < -0.39 is 0 Å². The second kappa shape index (κ2) is 4.85. The number of halogens is 1. The molecule has 1 aliphatic rings. The monoisotopic (exact) mass is 286 g/mol. The molecular formula is C11H19BrN4. The Hall–Kier alpha value is -0.390. The van der Waals surface area contributed by atoms with Crippen LogP contribution in [-0.4, -0.2) is 34.1 Å². The van der Waals surface area contributed by atoms with Gasteiger partial charge in [0.05, 0.1) is 11.7 Å². The summed E-state index contributed by atoms with van der Waals surface area (Å²) in [5, 5.41) is 0. The molecule has 1 aromatic heterocycles. The smallest absolute Gasteiger partial charge is 0.109 e. The van der Waals surface area contributed by atoms with Crippen molar-refractivity contribution >= 4 is 15.9 Å². The van der Waals surface area contributed by atoms with E-state index in [4.69, 9.17) is 5.73 Å². The van der Waals surface area contributed by atoms with Gasteiger partial charge in [0, 0.05) is 13.6 Å². The molecule has 0 saturated carbocycles. The number of imidazole rings is 1. The van der Waals surface area contributed by atoms with Crippen LogP contribution in [0, 0.1) is 6.92 Å². The first-order chi connectivity index (χ1) is 7.65. The quantitative estimate of drug-likeness (QED) is 0.918. The third-order valence-corrected chi connectivity index (χ3v) is 4.33. The van der Waals surface area contributed by atoms with E-state index in [1.54, 1.807) is 0 Å². The lowest BCUT2D eigenvalue weighted by molar-refractivity contribution is 0.246. The van der Waals surface area contributed by atoms with Gasteiger partial charge in [-0.15, -0.1) is 0 Å². The number of aryl methyl sites for hydroxylation is 1. The Labute approximate surface area is 105 Å². The molecule has 4 nitrogen and oxygen atoms in total. The number of hydrogen-bond donors (Lipinski definition) is 1. The Kier molecular flexibility index (Phi) is 3.66. The first kappa shape index (κ1) is 12.1. The van der Waals surface area contributed by atoms with E-state index in [2.05, 4.69) is 30.4 Å². The standard InChI is InChI=1S/C11H19BrN4/c1-8-14-10(11(12)15(8)2)9(7-13)16-5-3-4-6-16/h9H,3-7,13H2,1-2H3. The number of aromatic nitrogens is 2. The van der Waals surface area contributed by atoms with Crippen molar-refractivity contribution in [1.82, 2.24) is 14.5 Å². The van der Waals surface area contributed by atoms with Gasteiger partial charge >= 0.3 is 0 Å². The lowest BCUT2D eigenvalue weighted by Gasteiger charge is -2.24. The summed E-state index contributed by atoms with van der Waals surface area (Å²) >= 11 is 3.61. The van der Waals surface area contributed by atoms with E-state index in [0.717, 1.165) is 29.2 Å². The fourth-order valence-corrected chi connectivity index (χ4v) is 2.92. The van der Waals surface area contributed by atoms with Crippen LogP contribution in [-0.2, 0) is 7.05 Å². The third-order valence-electron chi connectivity index (χ3n) is 3.39. The predicted molar refractivity (Wildman–Crippen MR) is 68.2 cm³/mol. The van der Waals surface area contributed by atoms with Gasteiger partial charge in [-0.25, -0.2) is 4.98 Å². The van der Waals surface area contributed by atoms with Crippen molar-refractivity contribution in [2.45, 2.75) is 25.8 Å². The van der Waals surface area contributed by atoms with Crippen LogP contribution in [0.25, 0.3) is 0 Å². The van der Waals surface area contributed by atoms with Crippen molar-refractivity contribution in [3.8, 4) is 0 Å². The van der Waals surface area contributed by atoms with Crippen molar-refractivity contribution in [2.75, 3.05) is 19.6 Å². The SMILES string of the molecule is Cc1nc(C(CN)N2CCCC2)c(Br)n1C. The van der Waals surface area contributed by atoms with Gasteiger partial charge < -0.3 is 10.3 Å². The zero-order chi connectivity index (χ0) is 11.7. The van der Waals surface area contributed by atoms with E-state index in [1.807, 2.05) is 14.0 Å². The fourth-order valence-electron chi connectivity index (χ4n) is 2.31. The van der Waals surface area contributed by atoms with Gasteiger partial charge in [-0.2, -0.15) is 0 Å². The van der Waals surface area contributed by atoms with Crippen molar-refractivity contribution in [3.05, 3.63) is 16.1 Å². The van der Waals surface area contributed by atoms with Crippen LogP contribution < -0.4 is 5.73 Å². The summed E-state index contributed by atoms with van der Waals surface area (Å²) in [4.78, 5) is 7.06. The number of nitrogens with two attached hydrogens (primary N) is 1. The zero-order valence-corrected chi connectivity index (χ0v) is 11.5. The van der Waals surface area contributed by atoms with Crippen LogP contribution in [0.5, 0.6) is 0 Å². The summed E-state index contributed by atoms with van der Waals surface area (Å²) < 4.78 is 3.13. The maximum absolute atomic E-state index is 5.90. The zero-order valence-electron chi connectivity index (χ0n) is 9.91. The van der Waals surface area contributed by atoms with Crippen molar-refractivity contribution < 1.29 is 0 Å². The molecule has 2 heterocycles. The molecule has 0 bridgehead atoms. The number of hydrogen-bond acceptors (Lipinski definition) is 3. The lowest BCUT2D eigenvalue weighted by Crippen LogP contribution is -2.31. The molecule has 90 valence electrons. The summed E-state index contributed by atoms with van der Waals surface area (Å²) in [6.07, 6.45) is 2.56.